The lowest BCUT2D eigenvalue weighted by molar-refractivity contribution is -0.384. The lowest BCUT2D eigenvalue weighted by Crippen LogP contribution is -2.15. The molecule has 0 bridgehead atoms. The number of nitro groups is 1. The molecule has 0 atom stereocenters. The summed E-state index contributed by atoms with van der Waals surface area (Å²) in [6.07, 6.45) is 2.90. The summed E-state index contributed by atoms with van der Waals surface area (Å²) in [5.74, 6) is 0.924. The highest BCUT2D eigenvalue weighted by Gasteiger charge is 2.15. The van der Waals surface area contributed by atoms with Gasteiger partial charge < -0.3 is 14.0 Å². The number of nitro benzene ring substituents is 1. The Labute approximate surface area is 170 Å². The van der Waals surface area contributed by atoms with Crippen LogP contribution in [0.15, 0.2) is 47.5 Å². The van der Waals surface area contributed by atoms with Crippen LogP contribution in [0.3, 0.4) is 0 Å². The van der Waals surface area contributed by atoms with Crippen molar-refractivity contribution < 1.29 is 19.2 Å². The fourth-order valence-corrected chi connectivity index (χ4v) is 4.05. The molecule has 0 N–H and O–H groups in total. The van der Waals surface area contributed by atoms with Gasteiger partial charge in [0.05, 0.1) is 19.1 Å². The number of aryl methyl sites for hydroxylation is 1. The largest absolute Gasteiger partial charge is 0.495 e. The number of carbonyl (C=O) groups is 1. The fourth-order valence-electron chi connectivity index (χ4n) is 2.84. The number of thiazole rings is 1. The number of fused-ring (bicyclic) bond motifs is 1. The van der Waals surface area contributed by atoms with E-state index in [4.69, 9.17) is 9.47 Å². The van der Waals surface area contributed by atoms with Gasteiger partial charge in [0.25, 0.3) is 11.6 Å². The van der Waals surface area contributed by atoms with E-state index in [-0.39, 0.29) is 5.69 Å². The number of hydrogen-bond donors (Lipinski definition) is 0. The Morgan fingerprint density at radius 2 is 1.83 bits per heavy atom. The molecule has 1 amide bonds. The molecule has 0 radical (unpaired) electrons. The molecule has 0 saturated carbocycles. The van der Waals surface area contributed by atoms with Gasteiger partial charge in [0, 0.05) is 24.8 Å². The number of methoxy groups -OCH3 is 2. The number of non-ortho nitro benzene ring substituents is 1. The molecular formula is C20H19N3O5S. The second-order valence-electron chi connectivity index (χ2n) is 5.91. The zero-order valence-electron chi connectivity index (χ0n) is 16.1. The molecule has 0 aliphatic heterocycles. The summed E-state index contributed by atoms with van der Waals surface area (Å²) in [5.41, 5.74) is 1.49. The minimum absolute atomic E-state index is 0.00433. The molecule has 29 heavy (non-hydrogen) atoms. The van der Waals surface area contributed by atoms with Crippen molar-refractivity contribution in [3.05, 3.63) is 63.0 Å². The number of ether oxygens (including phenoxy) is 2. The van der Waals surface area contributed by atoms with Crippen molar-refractivity contribution in [1.29, 1.82) is 0 Å². The quantitative estimate of drug-likeness (QED) is 0.348. The second-order valence-corrected chi connectivity index (χ2v) is 6.89. The first kappa shape index (κ1) is 20.3. The van der Waals surface area contributed by atoms with Crippen LogP contribution in [-0.4, -0.2) is 29.6 Å². The van der Waals surface area contributed by atoms with Crippen LogP contribution in [0.1, 0.15) is 12.5 Å². The zero-order chi connectivity index (χ0) is 21.0. The second kappa shape index (κ2) is 8.70. The molecule has 0 unspecified atom stereocenters. The molecule has 1 heterocycles. The maximum absolute atomic E-state index is 12.4. The Balaban J connectivity index is 1.98. The number of aromatic nitrogens is 1. The van der Waals surface area contributed by atoms with Crippen molar-refractivity contribution >= 4 is 39.2 Å². The smallest absolute Gasteiger partial charge is 0.272 e. The van der Waals surface area contributed by atoms with Gasteiger partial charge in [-0.3, -0.25) is 14.9 Å². The number of hydrogen-bond acceptors (Lipinski definition) is 6. The lowest BCUT2D eigenvalue weighted by Gasteiger charge is -2.08. The van der Waals surface area contributed by atoms with Gasteiger partial charge in [-0.2, -0.15) is 4.99 Å². The van der Waals surface area contributed by atoms with Crippen LogP contribution in [0.25, 0.3) is 16.3 Å². The third-order valence-electron chi connectivity index (χ3n) is 4.24. The summed E-state index contributed by atoms with van der Waals surface area (Å²) >= 11 is 1.35. The van der Waals surface area contributed by atoms with Crippen LogP contribution in [-0.2, 0) is 11.3 Å². The van der Waals surface area contributed by atoms with Crippen LogP contribution in [0.4, 0.5) is 5.69 Å². The number of carbonyl (C=O) groups excluding carboxylic acids is 1. The van der Waals surface area contributed by atoms with Gasteiger partial charge in [-0.05, 0) is 42.8 Å². The molecular weight excluding hydrogens is 394 g/mol. The highest BCUT2D eigenvalue weighted by atomic mass is 32.1. The van der Waals surface area contributed by atoms with Crippen molar-refractivity contribution in [2.75, 3.05) is 14.2 Å². The summed E-state index contributed by atoms with van der Waals surface area (Å²) in [5, 5.41) is 10.7. The molecule has 3 aromatic rings. The average Bonchev–Trinajstić information content (AvgIpc) is 3.09. The third kappa shape index (κ3) is 4.19. The molecule has 0 spiro atoms. The Morgan fingerprint density at radius 1 is 1.17 bits per heavy atom. The summed E-state index contributed by atoms with van der Waals surface area (Å²) in [4.78, 5) is 27.4. The van der Waals surface area contributed by atoms with E-state index in [1.54, 1.807) is 32.4 Å². The van der Waals surface area contributed by atoms with Crippen molar-refractivity contribution in [3.8, 4) is 11.5 Å². The SMILES string of the molecule is CCn1c(=NC(=O)/C=C\c2ccc([N+](=O)[O-])cc2)sc2c(OC)ccc(OC)c21. The minimum Gasteiger partial charge on any atom is -0.495 e. The van der Waals surface area contributed by atoms with Crippen LogP contribution >= 0.6 is 11.3 Å². The number of benzene rings is 2. The maximum Gasteiger partial charge on any atom is 0.272 e. The topological polar surface area (TPSA) is 96.0 Å². The van der Waals surface area contributed by atoms with Crippen molar-refractivity contribution in [3.63, 3.8) is 0 Å². The first-order valence-corrected chi connectivity index (χ1v) is 9.55. The predicted octanol–water partition coefficient (Wildman–Crippen LogP) is 3.79. The van der Waals surface area contributed by atoms with Gasteiger partial charge in [0.2, 0.25) is 0 Å². The van der Waals surface area contributed by atoms with Crippen LogP contribution in [0.5, 0.6) is 11.5 Å². The minimum atomic E-state index is -0.471. The Kier molecular flexibility index (Phi) is 6.08. The Morgan fingerprint density at radius 3 is 2.41 bits per heavy atom. The van der Waals surface area contributed by atoms with E-state index in [0.29, 0.717) is 28.4 Å². The van der Waals surface area contributed by atoms with E-state index in [2.05, 4.69) is 4.99 Å². The molecule has 2 aromatic carbocycles. The molecule has 150 valence electrons. The monoisotopic (exact) mass is 413 g/mol. The molecule has 9 heteroatoms. The number of nitrogens with zero attached hydrogens (tertiary/aromatic N) is 3. The molecule has 8 nitrogen and oxygen atoms in total. The number of rotatable bonds is 6. The molecule has 1 aromatic heterocycles. The van der Waals surface area contributed by atoms with E-state index in [1.165, 1.54) is 29.5 Å². The van der Waals surface area contributed by atoms with E-state index >= 15 is 0 Å². The van der Waals surface area contributed by atoms with Gasteiger partial charge in [-0.15, -0.1) is 0 Å². The lowest BCUT2D eigenvalue weighted by atomic mass is 10.2. The first-order chi connectivity index (χ1) is 14.0. The van der Waals surface area contributed by atoms with Crippen molar-refractivity contribution in [2.45, 2.75) is 13.5 Å². The van der Waals surface area contributed by atoms with Gasteiger partial charge >= 0.3 is 0 Å². The van der Waals surface area contributed by atoms with Crippen molar-refractivity contribution in [2.24, 2.45) is 4.99 Å². The first-order valence-electron chi connectivity index (χ1n) is 8.74. The fraction of sp³-hybridized carbons (Fsp3) is 0.200. The van der Waals surface area contributed by atoms with Gasteiger partial charge in [-0.1, -0.05) is 11.3 Å². The molecule has 0 fully saturated rings. The zero-order valence-corrected chi connectivity index (χ0v) is 16.9. The van der Waals surface area contributed by atoms with Crippen LogP contribution in [0.2, 0.25) is 0 Å². The summed E-state index contributed by atoms with van der Waals surface area (Å²) in [7, 11) is 3.18. The van der Waals surface area contributed by atoms with Gasteiger partial charge in [0.1, 0.15) is 21.7 Å². The number of amides is 1. The van der Waals surface area contributed by atoms with Crippen LogP contribution < -0.4 is 14.3 Å². The third-order valence-corrected chi connectivity index (χ3v) is 5.33. The van der Waals surface area contributed by atoms with Gasteiger partial charge in [0.15, 0.2) is 4.80 Å². The highest BCUT2D eigenvalue weighted by molar-refractivity contribution is 7.16. The predicted molar refractivity (Wildman–Crippen MR) is 111 cm³/mol. The van der Waals surface area contributed by atoms with Gasteiger partial charge in [-0.25, -0.2) is 0 Å². The summed E-state index contributed by atoms with van der Waals surface area (Å²) in [6, 6.07) is 9.55. The van der Waals surface area contributed by atoms with E-state index in [9.17, 15) is 14.9 Å². The average molecular weight is 413 g/mol. The maximum atomic E-state index is 12.4. The highest BCUT2D eigenvalue weighted by Crippen LogP contribution is 2.35. The molecule has 3 rings (SSSR count). The van der Waals surface area contributed by atoms with E-state index in [0.717, 1.165) is 10.2 Å². The normalized spacial score (nSPS) is 11.9. The molecule has 0 saturated heterocycles. The summed E-state index contributed by atoms with van der Waals surface area (Å²) in [6.45, 7) is 2.56. The summed E-state index contributed by atoms with van der Waals surface area (Å²) < 4.78 is 13.6. The van der Waals surface area contributed by atoms with Crippen molar-refractivity contribution in [1.82, 2.24) is 4.57 Å². The Bertz CT molecular complexity index is 1160. The van der Waals surface area contributed by atoms with Crippen LogP contribution in [0, 0.1) is 10.1 Å². The van der Waals surface area contributed by atoms with E-state index < -0.39 is 10.8 Å². The standard InChI is InChI=1S/C20H19N3O5S/c1-4-22-18-15(27-2)10-11-16(28-3)19(18)29-20(22)21-17(24)12-7-13-5-8-14(9-6-13)23(25)26/h5-12H,4H2,1-3H3/b12-7-,21-20?. The van der Waals surface area contributed by atoms with E-state index in [1.807, 2.05) is 23.6 Å². The Hall–Kier alpha value is -3.46. The molecule has 0 aliphatic rings. The molecule has 0 aliphatic carbocycles.